The first-order valence-electron chi connectivity index (χ1n) is 14.2. The Morgan fingerprint density at radius 1 is 1.12 bits per heavy atom. The molecule has 11 nitrogen and oxygen atoms in total. The van der Waals surface area contributed by atoms with Crippen LogP contribution in [0.2, 0.25) is 0 Å². The van der Waals surface area contributed by atoms with E-state index in [4.69, 9.17) is 4.98 Å². The fraction of sp³-hybridized carbons (Fsp3) is 0.323. The van der Waals surface area contributed by atoms with E-state index in [0.29, 0.717) is 42.0 Å². The van der Waals surface area contributed by atoms with Gasteiger partial charge in [-0.1, -0.05) is 0 Å². The Hall–Kier alpha value is -4.70. The molecule has 1 fully saturated rings. The SMILES string of the molecule is CN(C)CCn1c(=O)c(-c2ccc(C3=CN=C=[N+]3C)cn2)cc2cnc(Nc3ccc(NC4CCCNC4)cc3)nc21. The van der Waals surface area contributed by atoms with Crippen molar-refractivity contribution in [3.63, 3.8) is 0 Å². The first kappa shape index (κ1) is 27.5. The van der Waals surface area contributed by atoms with Crippen molar-refractivity contribution in [2.24, 2.45) is 4.99 Å². The quantitative estimate of drug-likeness (QED) is 0.265. The molecular weight excluding hydrogens is 528 g/mol. The third kappa shape index (κ3) is 5.99. The Labute approximate surface area is 244 Å². The number of fused-ring (bicyclic) bond motifs is 1. The molecule has 6 rings (SSSR count). The summed E-state index contributed by atoms with van der Waals surface area (Å²) in [6, 6.07) is 17.1. The van der Waals surface area contributed by atoms with Gasteiger partial charge in [0.05, 0.1) is 18.3 Å². The number of nitrogens with one attached hydrogen (secondary N) is 3. The van der Waals surface area contributed by atoms with Gasteiger partial charge in [-0.2, -0.15) is 9.56 Å². The minimum Gasteiger partial charge on any atom is -0.381 e. The lowest BCUT2D eigenvalue weighted by Gasteiger charge is -2.24. The highest BCUT2D eigenvalue weighted by atomic mass is 16.1. The molecular formula is C31H35N10O+. The van der Waals surface area contributed by atoms with Crippen LogP contribution >= 0.6 is 0 Å². The van der Waals surface area contributed by atoms with Gasteiger partial charge in [-0.15, -0.1) is 0 Å². The van der Waals surface area contributed by atoms with Crippen molar-refractivity contribution in [3.05, 3.63) is 77.0 Å². The van der Waals surface area contributed by atoms with Gasteiger partial charge in [-0.05, 0) is 75.9 Å². The second-order valence-corrected chi connectivity index (χ2v) is 10.9. The highest BCUT2D eigenvalue weighted by molar-refractivity contribution is 5.81. The fourth-order valence-corrected chi connectivity index (χ4v) is 5.19. The molecule has 0 spiro atoms. The Bertz CT molecular complexity index is 1740. The van der Waals surface area contributed by atoms with Gasteiger partial charge in [0.2, 0.25) is 5.95 Å². The molecule has 3 N–H and O–H groups in total. The molecule has 4 aromatic rings. The maximum absolute atomic E-state index is 13.8. The normalized spacial score (nSPS) is 16.5. The molecule has 0 aliphatic carbocycles. The van der Waals surface area contributed by atoms with Crippen LogP contribution in [0.4, 0.5) is 17.3 Å². The molecule has 2 aliphatic heterocycles. The largest absolute Gasteiger partial charge is 0.381 e. The topological polar surface area (TPSA) is 115 Å². The van der Waals surface area contributed by atoms with Gasteiger partial charge in [0.25, 0.3) is 5.56 Å². The summed E-state index contributed by atoms with van der Waals surface area (Å²) < 4.78 is 3.53. The Kier molecular flexibility index (Phi) is 7.87. The average molecular weight is 564 g/mol. The number of benzene rings is 1. The van der Waals surface area contributed by atoms with Crippen LogP contribution in [0.5, 0.6) is 0 Å². The van der Waals surface area contributed by atoms with Gasteiger partial charge in [-0.25, -0.2) is 4.98 Å². The number of likely N-dealkylation sites (N-methyl/N-ethyl adjacent to an activating group) is 1. The van der Waals surface area contributed by atoms with Crippen molar-refractivity contribution < 1.29 is 4.58 Å². The molecule has 11 heteroatoms. The molecule has 1 atom stereocenters. The maximum Gasteiger partial charge on any atom is 0.318 e. The van der Waals surface area contributed by atoms with E-state index in [1.165, 1.54) is 12.8 Å². The summed E-state index contributed by atoms with van der Waals surface area (Å²) in [5.74, 6) is 0.431. The van der Waals surface area contributed by atoms with Gasteiger partial charge in [0.1, 0.15) is 5.65 Å². The van der Waals surface area contributed by atoms with Gasteiger partial charge >= 0.3 is 6.01 Å². The molecule has 0 amide bonds. The van der Waals surface area contributed by atoms with E-state index < -0.39 is 0 Å². The van der Waals surface area contributed by atoms with Crippen molar-refractivity contribution in [1.82, 2.24) is 29.7 Å². The van der Waals surface area contributed by atoms with E-state index in [0.717, 1.165) is 41.1 Å². The number of nitrogens with zero attached hydrogens (tertiary/aromatic N) is 7. The summed E-state index contributed by atoms with van der Waals surface area (Å²) in [7, 11) is 5.85. The number of anilines is 3. The van der Waals surface area contributed by atoms with E-state index >= 15 is 0 Å². The molecule has 5 heterocycles. The number of hydrogen-bond acceptors (Lipinski definition) is 9. The summed E-state index contributed by atoms with van der Waals surface area (Å²) in [5, 5.41) is 11.1. The van der Waals surface area contributed by atoms with E-state index in [9.17, 15) is 4.79 Å². The monoisotopic (exact) mass is 563 g/mol. The van der Waals surface area contributed by atoms with Gasteiger partial charge < -0.3 is 20.9 Å². The average Bonchev–Trinajstić information content (AvgIpc) is 3.44. The van der Waals surface area contributed by atoms with E-state index in [1.54, 1.807) is 23.2 Å². The van der Waals surface area contributed by atoms with Crippen LogP contribution < -0.4 is 21.5 Å². The van der Waals surface area contributed by atoms with Crippen molar-refractivity contribution in [1.29, 1.82) is 0 Å². The minimum absolute atomic E-state index is 0.143. The van der Waals surface area contributed by atoms with Crippen molar-refractivity contribution >= 4 is 40.1 Å². The van der Waals surface area contributed by atoms with Crippen LogP contribution in [0.3, 0.4) is 0 Å². The third-order valence-electron chi connectivity index (χ3n) is 7.50. The molecule has 1 aromatic carbocycles. The number of hydrogen-bond donors (Lipinski definition) is 3. The summed E-state index contributed by atoms with van der Waals surface area (Å²) in [4.78, 5) is 33.9. The first-order valence-corrected chi connectivity index (χ1v) is 14.2. The molecule has 2 aliphatic rings. The zero-order valence-electron chi connectivity index (χ0n) is 24.1. The first-order chi connectivity index (χ1) is 20.4. The molecule has 0 bridgehead atoms. The molecule has 3 aromatic heterocycles. The Morgan fingerprint density at radius 2 is 1.95 bits per heavy atom. The second kappa shape index (κ2) is 12.0. The van der Waals surface area contributed by atoms with Crippen LogP contribution in [0.25, 0.3) is 28.0 Å². The van der Waals surface area contributed by atoms with Gasteiger partial charge in [0, 0.05) is 65.4 Å². The van der Waals surface area contributed by atoms with Crippen molar-refractivity contribution in [2.45, 2.75) is 25.4 Å². The zero-order valence-corrected chi connectivity index (χ0v) is 24.1. The molecule has 214 valence electrons. The lowest BCUT2D eigenvalue weighted by atomic mass is 10.1. The highest BCUT2D eigenvalue weighted by Crippen LogP contribution is 2.24. The Morgan fingerprint density at radius 3 is 2.64 bits per heavy atom. The maximum atomic E-state index is 13.8. The molecule has 42 heavy (non-hydrogen) atoms. The number of piperidine rings is 1. The molecule has 0 radical (unpaired) electrons. The number of rotatable bonds is 9. The van der Waals surface area contributed by atoms with Gasteiger partial charge in [0.15, 0.2) is 11.9 Å². The smallest absolute Gasteiger partial charge is 0.318 e. The van der Waals surface area contributed by atoms with Crippen molar-refractivity contribution in [2.75, 3.05) is 51.4 Å². The zero-order chi connectivity index (χ0) is 29.1. The predicted octanol–water partition coefficient (Wildman–Crippen LogP) is 3.45. The summed E-state index contributed by atoms with van der Waals surface area (Å²) in [6.45, 7) is 3.23. The van der Waals surface area contributed by atoms with E-state index in [2.05, 4.69) is 49.1 Å². The van der Waals surface area contributed by atoms with E-state index in [-0.39, 0.29) is 5.56 Å². The van der Waals surface area contributed by atoms with Crippen LogP contribution in [0.15, 0.2) is 70.8 Å². The summed E-state index contributed by atoms with van der Waals surface area (Å²) in [6.07, 6.45) is 7.60. The minimum atomic E-state index is -0.143. The summed E-state index contributed by atoms with van der Waals surface area (Å²) in [5.41, 5.74) is 5.29. The standard InChI is InChI=1S/C31H34N10O/c1-39(2)13-14-41-29-22(15-26(30(41)42)27-11-6-21(16-34-27)28-19-33-20-40(28)3)17-35-31(38-29)37-24-9-7-23(8-10-24)36-25-5-4-12-32-18-25/h6-11,15-17,19,25,32,36H,4-5,12-14,18H2,1-3H3/p+1. The second-order valence-electron chi connectivity index (χ2n) is 10.9. The summed E-state index contributed by atoms with van der Waals surface area (Å²) >= 11 is 0. The molecule has 0 saturated carbocycles. The lowest BCUT2D eigenvalue weighted by Crippen LogP contribution is -2.38. The fourth-order valence-electron chi connectivity index (χ4n) is 5.19. The highest BCUT2D eigenvalue weighted by Gasteiger charge is 2.18. The van der Waals surface area contributed by atoms with E-state index in [1.807, 2.05) is 61.0 Å². The predicted molar refractivity (Wildman–Crippen MR) is 166 cm³/mol. The van der Waals surface area contributed by atoms with Crippen molar-refractivity contribution in [3.8, 4) is 11.3 Å². The van der Waals surface area contributed by atoms with Crippen LogP contribution in [-0.2, 0) is 6.54 Å². The van der Waals surface area contributed by atoms with Gasteiger partial charge in [-0.3, -0.25) is 14.3 Å². The third-order valence-corrected chi connectivity index (χ3v) is 7.50. The molecule has 1 saturated heterocycles. The Balaban J connectivity index is 1.28. The van der Waals surface area contributed by atoms with Crippen LogP contribution in [-0.4, -0.2) is 81.8 Å². The van der Waals surface area contributed by atoms with Crippen LogP contribution in [0, 0.1) is 0 Å². The lowest BCUT2D eigenvalue weighted by molar-refractivity contribution is -0.385. The molecule has 1 unspecified atom stereocenters. The van der Waals surface area contributed by atoms with Crippen LogP contribution in [0.1, 0.15) is 18.4 Å². The number of pyridine rings is 2. The number of aromatic nitrogens is 4. The number of aliphatic imine (C=N–C) groups is 1.